The monoisotopic (exact) mass is 388 g/mol. The molecule has 3 rings (SSSR count). The van der Waals surface area contributed by atoms with Crippen LogP contribution in [0, 0.1) is 5.82 Å². The molecule has 1 fully saturated rings. The van der Waals surface area contributed by atoms with Crippen molar-refractivity contribution in [3.63, 3.8) is 0 Å². The molecule has 1 aliphatic rings. The van der Waals surface area contributed by atoms with Gasteiger partial charge in [0, 0.05) is 49.8 Å². The van der Waals surface area contributed by atoms with E-state index in [-0.39, 0.29) is 28.6 Å². The molecule has 0 spiro atoms. The number of piperazine rings is 1. The maximum Gasteiger partial charge on any atom is 0.270 e. The second-order valence-corrected chi connectivity index (χ2v) is 7.55. The highest BCUT2D eigenvalue weighted by molar-refractivity contribution is 5.97. The highest BCUT2D eigenvalue weighted by atomic mass is 19.1. The number of aromatic nitrogens is 1. The van der Waals surface area contributed by atoms with Crippen LogP contribution in [0.25, 0.3) is 10.8 Å². The van der Waals surface area contributed by atoms with Gasteiger partial charge in [-0.3, -0.25) is 9.59 Å². The lowest BCUT2D eigenvalue weighted by atomic mass is 10.1. The van der Waals surface area contributed by atoms with Gasteiger partial charge in [-0.15, -0.1) is 0 Å². The molecule has 0 aliphatic carbocycles. The second kappa shape index (κ2) is 8.31. The number of likely N-dealkylation sites (N-methyl/N-ethyl adjacent to an activating group) is 1. The van der Waals surface area contributed by atoms with E-state index in [2.05, 4.69) is 10.2 Å². The Kier molecular flexibility index (Phi) is 6.03. The van der Waals surface area contributed by atoms with Crippen LogP contribution in [0.15, 0.2) is 23.0 Å². The Labute approximate surface area is 164 Å². The molecular formula is C21H29FN4O2. The zero-order valence-corrected chi connectivity index (χ0v) is 17.1. The number of pyridine rings is 1. The van der Waals surface area contributed by atoms with E-state index in [0.29, 0.717) is 30.7 Å². The van der Waals surface area contributed by atoms with Crippen molar-refractivity contribution < 1.29 is 9.18 Å². The van der Waals surface area contributed by atoms with E-state index >= 15 is 0 Å². The molecule has 0 radical (unpaired) electrons. The quantitative estimate of drug-likeness (QED) is 0.856. The van der Waals surface area contributed by atoms with Crippen molar-refractivity contribution in [2.75, 3.05) is 38.5 Å². The number of hydrogen-bond acceptors (Lipinski definition) is 4. The SMILES string of the molecule is CCC(C)Nc1cc(F)c2cc(C(=O)N3CCN(C)CC3)n(CC)c(=O)c2c1. The Hall–Kier alpha value is -2.41. The van der Waals surface area contributed by atoms with Gasteiger partial charge in [-0.25, -0.2) is 4.39 Å². The Morgan fingerprint density at radius 2 is 1.82 bits per heavy atom. The van der Waals surface area contributed by atoms with Crippen LogP contribution in [0.2, 0.25) is 0 Å². The summed E-state index contributed by atoms with van der Waals surface area (Å²) in [6.07, 6.45) is 0.886. The molecule has 1 saturated heterocycles. The molecule has 1 N–H and O–H groups in total. The Balaban J connectivity index is 2.07. The molecule has 28 heavy (non-hydrogen) atoms. The molecule has 6 nitrogen and oxygen atoms in total. The van der Waals surface area contributed by atoms with Crippen LogP contribution < -0.4 is 10.9 Å². The first kappa shape index (κ1) is 20.3. The van der Waals surface area contributed by atoms with Crippen LogP contribution in [0.3, 0.4) is 0 Å². The summed E-state index contributed by atoms with van der Waals surface area (Å²) in [5.74, 6) is -0.703. The minimum Gasteiger partial charge on any atom is -0.382 e. The van der Waals surface area contributed by atoms with Gasteiger partial charge in [0.2, 0.25) is 0 Å². The molecule has 152 valence electrons. The highest BCUT2D eigenvalue weighted by Crippen LogP contribution is 2.23. The van der Waals surface area contributed by atoms with Crippen LogP contribution in [0.5, 0.6) is 0 Å². The number of rotatable bonds is 5. The van der Waals surface area contributed by atoms with Crippen molar-refractivity contribution in [2.24, 2.45) is 0 Å². The number of fused-ring (bicyclic) bond motifs is 1. The van der Waals surface area contributed by atoms with Gasteiger partial charge in [-0.05, 0) is 45.5 Å². The Bertz CT molecular complexity index is 932. The molecule has 1 aromatic heterocycles. The molecule has 2 heterocycles. The number of carbonyl (C=O) groups excluding carboxylic acids is 1. The zero-order valence-electron chi connectivity index (χ0n) is 17.1. The van der Waals surface area contributed by atoms with E-state index in [4.69, 9.17) is 0 Å². The van der Waals surface area contributed by atoms with Gasteiger partial charge in [0.05, 0.1) is 5.39 Å². The van der Waals surface area contributed by atoms with E-state index in [1.54, 1.807) is 11.0 Å². The predicted molar refractivity (Wildman–Crippen MR) is 111 cm³/mol. The number of halogens is 1. The second-order valence-electron chi connectivity index (χ2n) is 7.55. The lowest BCUT2D eigenvalue weighted by Crippen LogP contribution is -2.48. The van der Waals surface area contributed by atoms with Crippen molar-refractivity contribution in [3.05, 3.63) is 40.1 Å². The molecule has 1 atom stereocenters. The third kappa shape index (κ3) is 3.90. The first-order valence-corrected chi connectivity index (χ1v) is 9.97. The van der Waals surface area contributed by atoms with Crippen molar-refractivity contribution in [1.82, 2.24) is 14.4 Å². The van der Waals surface area contributed by atoms with E-state index in [9.17, 15) is 14.0 Å². The minimum absolute atomic E-state index is 0.170. The number of amides is 1. The fraction of sp³-hybridized carbons (Fsp3) is 0.524. The van der Waals surface area contributed by atoms with Crippen LogP contribution >= 0.6 is 0 Å². The van der Waals surface area contributed by atoms with Gasteiger partial charge in [-0.1, -0.05) is 6.92 Å². The maximum absolute atomic E-state index is 14.8. The number of benzene rings is 1. The summed E-state index contributed by atoms with van der Waals surface area (Å²) in [6, 6.07) is 4.78. The van der Waals surface area contributed by atoms with Gasteiger partial charge < -0.3 is 19.7 Å². The normalized spacial score (nSPS) is 16.4. The van der Waals surface area contributed by atoms with Crippen LogP contribution in [0.1, 0.15) is 37.7 Å². The van der Waals surface area contributed by atoms with E-state index < -0.39 is 5.82 Å². The molecule has 0 saturated carbocycles. The smallest absolute Gasteiger partial charge is 0.270 e. The van der Waals surface area contributed by atoms with Crippen molar-refractivity contribution in [1.29, 1.82) is 0 Å². The van der Waals surface area contributed by atoms with E-state index in [1.165, 1.54) is 16.7 Å². The van der Waals surface area contributed by atoms with E-state index in [1.807, 2.05) is 27.8 Å². The Morgan fingerprint density at radius 1 is 1.14 bits per heavy atom. The largest absolute Gasteiger partial charge is 0.382 e. The van der Waals surface area contributed by atoms with Gasteiger partial charge >= 0.3 is 0 Å². The lowest BCUT2D eigenvalue weighted by molar-refractivity contribution is 0.0652. The Morgan fingerprint density at radius 3 is 2.43 bits per heavy atom. The van der Waals surface area contributed by atoms with Crippen LogP contribution in [-0.2, 0) is 6.54 Å². The number of anilines is 1. The highest BCUT2D eigenvalue weighted by Gasteiger charge is 2.24. The molecular weight excluding hydrogens is 359 g/mol. The minimum atomic E-state index is -0.490. The summed E-state index contributed by atoms with van der Waals surface area (Å²) < 4.78 is 16.3. The van der Waals surface area contributed by atoms with Crippen molar-refractivity contribution >= 4 is 22.4 Å². The average molecular weight is 388 g/mol. The first-order chi connectivity index (χ1) is 13.3. The summed E-state index contributed by atoms with van der Waals surface area (Å²) >= 11 is 0. The number of hydrogen-bond donors (Lipinski definition) is 1. The summed E-state index contributed by atoms with van der Waals surface area (Å²) in [7, 11) is 2.01. The summed E-state index contributed by atoms with van der Waals surface area (Å²) in [4.78, 5) is 30.0. The molecule has 0 bridgehead atoms. The molecule has 7 heteroatoms. The number of carbonyl (C=O) groups is 1. The molecule has 1 amide bonds. The fourth-order valence-electron chi connectivity index (χ4n) is 3.54. The molecule has 1 aliphatic heterocycles. The topological polar surface area (TPSA) is 57.6 Å². The number of nitrogens with zero attached hydrogens (tertiary/aromatic N) is 3. The standard InChI is InChI=1S/C21H29FN4O2/c1-5-14(3)23-15-11-17-16(18(22)12-15)13-19(26(6-2)20(17)27)21(28)25-9-7-24(4)8-10-25/h11-14,23H,5-10H2,1-4H3. The molecule has 1 aromatic carbocycles. The van der Waals surface area contributed by atoms with Gasteiger partial charge in [0.25, 0.3) is 11.5 Å². The maximum atomic E-state index is 14.8. The number of nitrogens with one attached hydrogen (secondary N) is 1. The van der Waals surface area contributed by atoms with Crippen LogP contribution in [-0.4, -0.2) is 59.5 Å². The van der Waals surface area contributed by atoms with Crippen LogP contribution in [0.4, 0.5) is 10.1 Å². The van der Waals surface area contributed by atoms with Gasteiger partial charge in [0.15, 0.2) is 0 Å². The van der Waals surface area contributed by atoms with Gasteiger partial charge in [-0.2, -0.15) is 0 Å². The average Bonchev–Trinajstić information content (AvgIpc) is 2.68. The predicted octanol–water partition coefficient (Wildman–Crippen LogP) is 2.76. The van der Waals surface area contributed by atoms with Crippen molar-refractivity contribution in [3.8, 4) is 0 Å². The summed E-state index contributed by atoms with van der Waals surface area (Å²) in [5, 5.41) is 3.70. The lowest BCUT2D eigenvalue weighted by Gasteiger charge is -2.33. The van der Waals surface area contributed by atoms with Gasteiger partial charge in [0.1, 0.15) is 11.5 Å². The van der Waals surface area contributed by atoms with E-state index in [0.717, 1.165) is 19.5 Å². The fourth-order valence-corrected chi connectivity index (χ4v) is 3.54. The zero-order chi connectivity index (χ0) is 20.4. The first-order valence-electron chi connectivity index (χ1n) is 9.97. The summed E-state index contributed by atoms with van der Waals surface area (Å²) in [5.41, 5.74) is 0.507. The third-order valence-corrected chi connectivity index (χ3v) is 5.53. The summed E-state index contributed by atoms with van der Waals surface area (Å²) in [6.45, 7) is 9.00. The molecule has 2 aromatic rings. The molecule has 1 unspecified atom stereocenters. The third-order valence-electron chi connectivity index (χ3n) is 5.53. The van der Waals surface area contributed by atoms with Crippen molar-refractivity contribution in [2.45, 2.75) is 39.8 Å².